The summed E-state index contributed by atoms with van der Waals surface area (Å²) >= 11 is 1.44. The van der Waals surface area contributed by atoms with E-state index in [0.29, 0.717) is 11.2 Å². The zero-order valence-electron chi connectivity index (χ0n) is 16.5. The lowest BCUT2D eigenvalue weighted by atomic mass is 10.1. The molecule has 1 N–H and O–H groups in total. The van der Waals surface area contributed by atoms with Crippen molar-refractivity contribution in [3.05, 3.63) is 70.8 Å². The quantitative estimate of drug-likeness (QED) is 0.489. The zero-order valence-corrected chi connectivity index (χ0v) is 17.3. The molecule has 0 saturated heterocycles. The summed E-state index contributed by atoms with van der Waals surface area (Å²) in [6.45, 7) is 5.88. The molecule has 4 rings (SSSR count). The maximum atomic E-state index is 12.6. The van der Waals surface area contributed by atoms with Crippen LogP contribution in [0.1, 0.15) is 22.3 Å². The van der Waals surface area contributed by atoms with E-state index in [1.165, 1.54) is 11.8 Å². The van der Waals surface area contributed by atoms with Gasteiger partial charge in [0.05, 0.1) is 27.4 Å². The van der Waals surface area contributed by atoms with Crippen molar-refractivity contribution in [1.29, 1.82) is 5.26 Å². The average molecular weight is 401 g/mol. The van der Waals surface area contributed by atoms with Gasteiger partial charge in [-0.25, -0.2) is 4.98 Å². The maximum Gasteiger partial charge on any atom is 0.234 e. The Morgan fingerprint density at radius 2 is 1.83 bits per heavy atom. The van der Waals surface area contributed by atoms with Crippen molar-refractivity contribution in [3.63, 3.8) is 0 Å². The molecule has 5 nitrogen and oxygen atoms in total. The number of imidazole rings is 1. The maximum absolute atomic E-state index is 12.6. The Kier molecular flexibility index (Phi) is 4.99. The Balaban J connectivity index is 1.68. The van der Waals surface area contributed by atoms with Crippen LogP contribution in [0.3, 0.4) is 0 Å². The number of nitrogens with zero attached hydrogens (tertiary/aromatic N) is 3. The number of hydrogen-bond donors (Lipinski definition) is 1. The summed E-state index contributed by atoms with van der Waals surface area (Å²) in [5.74, 6) is 0.202. The van der Waals surface area contributed by atoms with Crippen LogP contribution in [0.15, 0.2) is 53.6 Å². The fourth-order valence-corrected chi connectivity index (χ4v) is 4.41. The molecular formula is C23H20N4OS. The zero-order chi connectivity index (χ0) is 20.5. The molecule has 0 atom stereocenters. The minimum atomic E-state index is -0.0630. The number of pyridine rings is 1. The number of nitrogens with one attached hydrogen (secondary N) is 1. The fourth-order valence-electron chi connectivity index (χ4n) is 3.49. The third kappa shape index (κ3) is 3.45. The summed E-state index contributed by atoms with van der Waals surface area (Å²) in [5.41, 5.74) is 6.76. The molecule has 1 amide bonds. The number of anilines is 1. The van der Waals surface area contributed by atoms with Crippen LogP contribution in [0.25, 0.3) is 16.7 Å². The Labute approximate surface area is 173 Å². The van der Waals surface area contributed by atoms with Gasteiger partial charge in [-0.15, -0.1) is 0 Å². The minimum Gasteiger partial charge on any atom is -0.325 e. The van der Waals surface area contributed by atoms with E-state index in [1.807, 2.05) is 73.7 Å². The first-order valence-electron chi connectivity index (χ1n) is 9.29. The first kappa shape index (κ1) is 19.0. The van der Waals surface area contributed by atoms with Crippen molar-refractivity contribution in [2.24, 2.45) is 0 Å². The molecular weight excluding hydrogens is 380 g/mol. The highest BCUT2D eigenvalue weighted by Gasteiger charge is 2.16. The van der Waals surface area contributed by atoms with E-state index < -0.39 is 0 Å². The van der Waals surface area contributed by atoms with Crippen molar-refractivity contribution in [2.75, 3.05) is 11.1 Å². The summed E-state index contributed by atoms with van der Waals surface area (Å²) < 4.78 is 1.97. The van der Waals surface area contributed by atoms with E-state index in [9.17, 15) is 10.1 Å². The standard InChI is InChI=1S/C23H20N4OS/c1-14-7-6-8-15(2)22(14)26-20(28)13-29-21-11-16(3)17(12-24)23-25-18-9-4-5-10-19(18)27(21)23/h4-11H,13H2,1-3H3,(H,26,28). The van der Waals surface area contributed by atoms with Crippen molar-refractivity contribution < 1.29 is 4.79 Å². The highest BCUT2D eigenvalue weighted by atomic mass is 32.2. The van der Waals surface area contributed by atoms with E-state index in [1.54, 1.807) is 0 Å². The molecule has 6 heteroatoms. The van der Waals surface area contributed by atoms with E-state index in [4.69, 9.17) is 0 Å². The van der Waals surface area contributed by atoms with E-state index in [-0.39, 0.29) is 11.7 Å². The normalized spacial score (nSPS) is 11.0. The van der Waals surface area contributed by atoms with Gasteiger partial charge in [0.15, 0.2) is 5.65 Å². The van der Waals surface area contributed by atoms with Crippen molar-refractivity contribution >= 4 is 40.0 Å². The van der Waals surface area contributed by atoms with Crippen LogP contribution in [0.4, 0.5) is 5.69 Å². The highest BCUT2D eigenvalue weighted by molar-refractivity contribution is 7.99. The van der Waals surface area contributed by atoms with Gasteiger partial charge in [0.1, 0.15) is 6.07 Å². The van der Waals surface area contributed by atoms with Gasteiger partial charge in [-0.2, -0.15) is 5.26 Å². The van der Waals surface area contributed by atoms with Gasteiger partial charge >= 0.3 is 0 Å². The van der Waals surface area contributed by atoms with Crippen LogP contribution in [0, 0.1) is 32.1 Å². The summed E-state index contributed by atoms with van der Waals surface area (Å²) in [6.07, 6.45) is 0. The van der Waals surface area contributed by atoms with Crippen LogP contribution in [-0.4, -0.2) is 21.0 Å². The lowest BCUT2D eigenvalue weighted by Crippen LogP contribution is -2.16. The monoisotopic (exact) mass is 400 g/mol. The summed E-state index contributed by atoms with van der Waals surface area (Å²) in [6, 6.07) is 18.0. The highest BCUT2D eigenvalue weighted by Crippen LogP contribution is 2.29. The predicted molar refractivity (Wildman–Crippen MR) is 117 cm³/mol. The smallest absolute Gasteiger partial charge is 0.234 e. The van der Waals surface area contributed by atoms with E-state index in [0.717, 1.165) is 38.4 Å². The van der Waals surface area contributed by atoms with Gasteiger partial charge in [-0.3, -0.25) is 9.20 Å². The number of para-hydroxylation sites is 3. The van der Waals surface area contributed by atoms with Gasteiger partial charge in [0, 0.05) is 5.69 Å². The topological polar surface area (TPSA) is 70.2 Å². The molecule has 29 heavy (non-hydrogen) atoms. The molecule has 2 heterocycles. The second-order valence-corrected chi connectivity index (χ2v) is 8.01. The third-order valence-corrected chi connectivity index (χ3v) is 5.95. The number of aryl methyl sites for hydroxylation is 3. The average Bonchev–Trinajstić information content (AvgIpc) is 3.08. The summed E-state index contributed by atoms with van der Waals surface area (Å²) in [4.78, 5) is 17.3. The lowest BCUT2D eigenvalue weighted by Gasteiger charge is -2.12. The molecule has 2 aromatic heterocycles. The molecule has 144 valence electrons. The van der Waals surface area contributed by atoms with Crippen LogP contribution in [0.5, 0.6) is 0 Å². The molecule has 0 spiro atoms. The van der Waals surface area contributed by atoms with Crippen molar-refractivity contribution in [3.8, 4) is 6.07 Å². The van der Waals surface area contributed by atoms with Gasteiger partial charge < -0.3 is 5.32 Å². The molecule has 0 bridgehead atoms. The molecule has 0 unspecified atom stereocenters. The number of nitriles is 1. The molecule has 0 aliphatic rings. The number of carbonyl (C=O) groups excluding carboxylic acids is 1. The second kappa shape index (κ2) is 7.61. The second-order valence-electron chi connectivity index (χ2n) is 7.02. The van der Waals surface area contributed by atoms with E-state index >= 15 is 0 Å². The number of carbonyl (C=O) groups is 1. The van der Waals surface area contributed by atoms with Crippen LogP contribution < -0.4 is 5.32 Å². The third-order valence-electron chi connectivity index (χ3n) is 4.95. The van der Waals surface area contributed by atoms with Crippen molar-refractivity contribution in [1.82, 2.24) is 9.38 Å². The number of thioether (sulfide) groups is 1. The lowest BCUT2D eigenvalue weighted by molar-refractivity contribution is -0.113. The van der Waals surface area contributed by atoms with Crippen LogP contribution in [0.2, 0.25) is 0 Å². The van der Waals surface area contributed by atoms with E-state index in [2.05, 4.69) is 16.4 Å². The Morgan fingerprint density at radius 3 is 2.55 bits per heavy atom. The molecule has 0 saturated carbocycles. The van der Waals surface area contributed by atoms with Gasteiger partial charge in [0.2, 0.25) is 5.91 Å². The number of benzene rings is 2. The molecule has 0 radical (unpaired) electrons. The molecule has 0 fully saturated rings. The first-order chi connectivity index (χ1) is 14.0. The predicted octanol–water partition coefficient (Wildman–Crippen LogP) is 5.02. The number of fused-ring (bicyclic) bond motifs is 3. The number of aromatic nitrogens is 2. The first-order valence-corrected chi connectivity index (χ1v) is 10.3. The number of hydrogen-bond acceptors (Lipinski definition) is 4. The van der Waals surface area contributed by atoms with Crippen molar-refractivity contribution in [2.45, 2.75) is 25.8 Å². The van der Waals surface area contributed by atoms with Crippen LogP contribution >= 0.6 is 11.8 Å². The summed E-state index contributed by atoms with van der Waals surface area (Å²) in [5, 5.41) is 13.5. The Hall–Kier alpha value is -3.30. The number of rotatable bonds is 4. The number of amides is 1. The molecule has 0 aliphatic carbocycles. The fraction of sp³-hybridized carbons (Fsp3) is 0.174. The molecule has 4 aromatic rings. The SMILES string of the molecule is Cc1cccc(C)c1NC(=O)CSc1cc(C)c(C#N)c2nc3ccccc3n12. The van der Waals surface area contributed by atoms with Gasteiger partial charge in [-0.05, 0) is 55.7 Å². The van der Waals surface area contributed by atoms with Crippen LogP contribution in [-0.2, 0) is 4.79 Å². The molecule has 2 aromatic carbocycles. The largest absolute Gasteiger partial charge is 0.325 e. The van der Waals surface area contributed by atoms with Gasteiger partial charge in [0.25, 0.3) is 0 Å². The minimum absolute atomic E-state index is 0.0630. The molecule has 0 aliphatic heterocycles. The summed E-state index contributed by atoms with van der Waals surface area (Å²) in [7, 11) is 0. The van der Waals surface area contributed by atoms with Gasteiger partial charge in [-0.1, -0.05) is 42.1 Å². The Bertz CT molecular complexity index is 1280. The Morgan fingerprint density at radius 1 is 1.10 bits per heavy atom.